The maximum Gasteiger partial charge on any atom is 0.212 e. The molecule has 2 rings (SSSR count). The van der Waals surface area contributed by atoms with E-state index in [1.165, 1.54) is 0 Å². The van der Waals surface area contributed by atoms with Crippen molar-refractivity contribution >= 4 is 10.0 Å². The minimum Gasteiger partial charge on any atom is -0.212 e. The van der Waals surface area contributed by atoms with Gasteiger partial charge in [0.2, 0.25) is 10.0 Å². The Balaban J connectivity index is 2.23. The van der Waals surface area contributed by atoms with Gasteiger partial charge in [-0.05, 0) is 25.3 Å². The normalized spacial score (nSPS) is 18.7. The fourth-order valence-electron chi connectivity index (χ4n) is 1.70. The maximum atomic E-state index is 11.5. The molecule has 0 amide bonds. The molecule has 15 heavy (non-hydrogen) atoms. The third kappa shape index (κ3) is 2.21. The van der Waals surface area contributed by atoms with Crippen molar-refractivity contribution in [1.82, 2.24) is 4.72 Å². The second-order valence-corrected chi connectivity index (χ2v) is 5.96. The number of rotatable bonds is 4. The fraction of sp³-hybridized carbons (Fsp3) is 0.455. The zero-order valence-corrected chi connectivity index (χ0v) is 9.55. The Hall–Kier alpha value is -0.870. The third-order valence-electron chi connectivity index (χ3n) is 2.81. The average Bonchev–Trinajstić information content (AvgIpc) is 3.00. The van der Waals surface area contributed by atoms with Crippen LogP contribution in [0, 0.1) is 0 Å². The second kappa shape index (κ2) is 3.61. The molecule has 1 aromatic carbocycles. The second-order valence-electron chi connectivity index (χ2n) is 3.95. The van der Waals surface area contributed by atoms with Crippen LogP contribution in [0.1, 0.15) is 25.3 Å². The molecule has 0 radical (unpaired) electrons. The fourth-order valence-corrected chi connectivity index (χ4v) is 2.76. The summed E-state index contributed by atoms with van der Waals surface area (Å²) in [6.07, 6.45) is 1.80. The van der Waals surface area contributed by atoms with Gasteiger partial charge in [0.1, 0.15) is 0 Å². The average molecular weight is 225 g/mol. The molecule has 0 aliphatic heterocycles. The Morgan fingerprint density at radius 1 is 1.27 bits per heavy atom. The first kappa shape index (κ1) is 10.6. The smallest absolute Gasteiger partial charge is 0.212 e. The van der Waals surface area contributed by atoms with Crippen LogP contribution in [0.15, 0.2) is 30.3 Å². The molecule has 0 atom stereocenters. The first-order chi connectivity index (χ1) is 7.08. The molecule has 82 valence electrons. The van der Waals surface area contributed by atoms with Crippen LogP contribution in [-0.2, 0) is 15.6 Å². The highest BCUT2D eigenvalue weighted by Gasteiger charge is 2.46. The van der Waals surface area contributed by atoms with E-state index >= 15 is 0 Å². The highest BCUT2D eigenvalue weighted by Crippen LogP contribution is 2.45. The first-order valence-electron chi connectivity index (χ1n) is 5.15. The lowest BCUT2D eigenvalue weighted by Gasteiger charge is -2.17. The summed E-state index contributed by atoms with van der Waals surface area (Å²) in [5, 5.41) is 0. The lowest BCUT2D eigenvalue weighted by molar-refractivity contribution is 0.553. The van der Waals surface area contributed by atoms with Gasteiger partial charge in [0.25, 0.3) is 0 Å². The summed E-state index contributed by atoms with van der Waals surface area (Å²) in [5.74, 6) is 0.140. The number of nitrogens with one attached hydrogen (secondary N) is 1. The minimum absolute atomic E-state index is 0.140. The lowest BCUT2D eigenvalue weighted by Crippen LogP contribution is -2.35. The Morgan fingerprint density at radius 3 is 2.33 bits per heavy atom. The molecule has 0 bridgehead atoms. The van der Waals surface area contributed by atoms with Gasteiger partial charge in [0, 0.05) is 0 Å². The van der Waals surface area contributed by atoms with Crippen LogP contribution < -0.4 is 4.72 Å². The number of benzene rings is 1. The van der Waals surface area contributed by atoms with Crippen molar-refractivity contribution in [1.29, 1.82) is 0 Å². The van der Waals surface area contributed by atoms with E-state index < -0.39 is 10.0 Å². The molecule has 1 saturated carbocycles. The van der Waals surface area contributed by atoms with Gasteiger partial charge in [-0.3, -0.25) is 0 Å². The SMILES string of the molecule is CCS(=O)(=O)NC1(c2ccccc2)CC1. The van der Waals surface area contributed by atoms with E-state index in [9.17, 15) is 8.42 Å². The van der Waals surface area contributed by atoms with Gasteiger partial charge < -0.3 is 0 Å². The first-order valence-corrected chi connectivity index (χ1v) is 6.80. The van der Waals surface area contributed by atoms with Gasteiger partial charge in [-0.15, -0.1) is 0 Å². The maximum absolute atomic E-state index is 11.5. The molecule has 1 aliphatic carbocycles. The summed E-state index contributed by atoms with van der Waals surface area (Å²) >= 11 is 0. The van der Waals surface area contributed by atoms with Crippen molar-refractivity contribution in [3.05, 3.63) is 35.9 Å². The van der Waals surface area contributed by atoms with Crippen LogP contribution in [0.3, 0.4) is 0 Å². The summed E-state index contributed by atoms with van der Waals surface area (Å²) in [5.41, 5.74) is 0.762. The van der Waals surface area contributed by atoms with Crippen LogP contribution >= 0.6 is 0 Å². The quantitative estimate of drug-likeness (QED) is 0.846. The van der Waals surface area contributed by atoms with Crippen molar-refractivity contribution < 1.29 is 8.42 Å². The molecule has 0 saturated heterocycles. The van der Waals surface area contributed by atoms with Crippen molar-refractivity contribution in [2.75, 3.05) is 5.75 Å². The molecule has 1 aromatic rings. The molecule has 3 nitrogen and oxygen atoms in total. The molecule has 1 N–H and O–H groups in total. The molecule has 0 heterocycles. The Labute approximate surface area is 90.6 Å². The Bertz CT molecular complexity index is 435. The third-order valence-corrected chi connectivity index (χ3v) is 4.27. The predicted octanol–water partition coefficient (Wildman–Crippen LogP) is 1.61. The van der Waals surface area contributed by atoms with Crippen molar-refractivity contribution in [3.8, 4) is 0 Å². The van der Waals surface area contributed by atoms with E-state index in [0.717, 1.165) is 18.4 Å². The minimum atomic E-state index is -3.11. The highest BCUT2D eigenvalue weighted by molar-refractivity contribution is 7.89. The van der Waals surface area contributed by atoms with Crippen molar-refractivity contribution in [3.63, 3.8) is 0 Å². The van der Waals surface area contributed by atoms with Crippen LogP contribution in [-0.4, -0.2) is 14.2 Å². The molecule has 1 aliphatic rings. The Morgan fingerprint density at radius 2 is 1.87 bits per heavy atom. The summed E-state index contributed by atoms with van der Waals surface area (Å²) in [6, 6.07) is 9.77. The van der Waals surface area contributed by atoms with Gasteiger partial charge in [0.15, 0.2) is 0 Å². The summed E-state index contributed by atoms with van der Waals surface area (Å²) in [6.45, 7) is 1.66. The van der Waals surface area contributed by atoms with E-state index in [1.807, 2.05) is 30.3 Å². The van der Waals surface area contributed by atoms with Crippen LogP contribution in [0.2, 0.25) is 0 Å². The number of sulfonamides is 1. The van der Waals surface area contributed by atoms with E-state index in [0.29, 0.717) is 0 Å². The van der Waals surface area contributed by atoms with Crippen LogP contribution in [0.4, 0.5) is 0 Å². The molecule has 0 spiro atoms. The molecule has 0 aromatic heterocycles. The van der Waals surface area contributed by atoms with Gasteiger partial charge in [-0.2, -0.15) is 0 Å². The van der Waals surface area contributed by atoms with Crippen LogP contribution in [0.5, 0.6) is 0 Å². The van der Waals surface area contributed by atoms with Gasteiger partial charge in [-0.25, -0.2) is 13.1 Å². The standard InChI is InChI=1S/C11H15NO2S/c1-2-15(13,14)12-11(8-9-11)10-6-4-3-5-7-10/h3-7,12H,2,8-9H2,1H3. The molecule has 4 heteroatoms. The summed E-state index contributed by atoms with van der Waals surface area (Å²) in [7, 11) is -3.11. The predicted molar refractivity (Wildman–Crippen MR) is 60.0 cm³/mol. The van der Waals surface area contributed by atoms with Gasteiger partial charge >= 0.3 is 0 Å². The van der Waals surface area contributed by atoms with Crippen molar-refractivity contribution in [2.45, 2.75) is 25.3 Å². The number of hydrogen-bond acceptors (Lipinski definition) is 2. The summed E-state index contributed by atoms with van der Waals surface area (Å²) < 4.78 is 25.8. The van der Waals surface area contributed by atoms with Gasteiger partial charge in [0.05, 0.1) is 11.3 Å². The van der Waals surface area contributed by atoms with Crippen LogP contribution in [0.25, 0.3) is 0 Å². The molecule has 1 fully saturated rings. The lowest BCUT2D eigenvalue weighted by atomic mass is 10.1. The number of hydrogen-bond donors (Lipinski definition) is 1. The van der Waals surface area contributed by atoms with E-state index in [4.69, 9.17) is 0 Å². The molecular formula is C11H15NO2S. The van der Waals surface area contributed by atoms with E-state index in [2.05, 4.69) is 4.72 Å². The highest BCUT2D eigenvalue weighted by atomic mass is 32.2. The summed E-state index contributed by atoms with van der Waals surface area (Å²) in [4.78, 5) is 0. The topological polar surface area (TPSA) is 46.2 Å². The zero-order valence-electron chi connectivity index (χ0n) is 8.73. The molecule has 0 unspecified atom stereocenters. The largest absolute Gasteiger partial charge is 0.212 e. The Kier molecular flexibility index (Phi) is 2.56. The molecular weight excluding hydrogens is 210 g/mol. The van der Waals surface area contributed by atoms with E-state index in [-0.39, 0.29) is 11.3 Å². The van der Waals surface area contributed by atoms with E-state index in [1.54, 1.807) is 6.92 Å². The van der Waals surface area contributed by atoms with Crippen molar-refractivity contribution in [2.24, 2.45) is 0 Å². The monoisotopic (exact) mass is 225 g/mol. The van der Waals surface area contributed by atoms with Gasteiger partial charge in [-0.1, -0.05) is 30.3 Å². The zero-order chi connectivity index (χ0) is 10.9.